The molecule has 5 heterocycles. The highest BCUT2D eigenvalue weighted by Gasteiger charge is 2.52. The van der Waals surface area contributed by atoms with Gasteiger partial charge in [0.1, 0.15) is 0 Å². The molecule has 22 heavy (non-hydrogen) atoms. The number of piperidine rings is 3. The Morgan fingerprint density at radius 2 is 1.91 bits per heavy atom. The first kappa shape index (κ1) is 13.9. The lowest BCUT2D eigenvalue weighted by atomic mass is 9.72. The molecular formula is C15H23N7. The average molecular weight is 301 g/mol. The number of nitrogens with zero attached hydrogens (tertiary/aromatic N) is 6. The van der Waals surface area contributed by atoms with Gasteiger partial charge in [-0.25, -0.2) is 4.98 Å². The maximum absolute atomic E-state index is 4.76. The third-order valence-electron chi connectivity index (χ3n) is 5.65. The second-order valence-corrected chi connectivity index (χ2v) is 6.78. The van der Waals surface area contributed by atoms with Gasteiger partial charge in [0.15, 0.2) is 0 Å². The highest BCUT2D eigenvalue weighted by atomic mass is 15.4. The summed E-state index contributed by atoms with van der Waals surface area (Å²) in [5.74, 6) is 2.15. The van der Waals surface area contributed by atoms with Crippen molar-refractivity contribution in [2.24, 2.45) is 10.9 Å². The fraction of sp³-hybridized carbons (Fsp3) is 0.733. The van der Waals surface area contributed by atoms with Gasteiger partial charge in [-0.3, -0.25) is 10.3 Å². The number of aromatic nitrogens is 3. The Morgan fingerprint density at radius 1 is 1.14 bits per heavy atom. The van der Waals surface area contributed by atoms with E-state index in [9.17, 15) is 0 Å². The zero-order chi connectivity index (χ0) is 15.3. The van der Waals surface area contributed by atoms with Crippen molar-refractivity contribution >= 4 is 11.9 Å². The summed E-state index contributed by atoms with van der Waals surface area (Å²) in [5.41, 5.74) is 1.92. The summed E-state index contributed by atoms with van der Waals surface area (Å²) in [6.45, 7) is 8.34. The van der Waals surface area contributed by atoms with Gasteiger partial charge in [0.05, 0.1) is 23.5 Å². The Bertz CT molecular complexity index is 620. The molecule has 0 aliphatic carbocycles. The first-order valence-electron chi connectivity index (χ1n) is 8.04. The zero-order valence-electron chi connectivity index (χ0n) is 13.5. The summed E-state index contributed by atoms with van der Waals surface area (Å²) in [6, 6.07) is 0. The van der Waals surface area contributed by atoms with Crippen molar-refractivity contribution in [2.45, 2.75) is 32.2 Å². The molecule has 3 saturated heterocycles. The van der Waals surface area contributed by atoms with Gasteiger partial charge in [-0.05, 0) is 45.7 Å². The lowest BCUT2D eigenvalue weighted by Crippen LogP contribution is -2.66. The van der Waals surface area contributed by atoms with Crippen LogP contribution in [0.5, 0.6) is 0 Å². The third kappa shape index (κ3) is 1.99. The number of fused-ring (bicyclic) bond motifs is 2. The molecule has 2 bridgehead atoms. The van der Waals surface area contributed by atoms with E-state index in [0.29, 0.717) is 5.95 Å². The number of aryl methyl sites for hydroxylation is 2. The minimum atomic E-state index is 0.159. The van der Waals surface area contributed by atoms with Crippen LogP contribution < -0.4 is 5.32 Å². The summed E-state index contributed by atoms with van der Waals surface area (Å²) in [5, 5.41) is 11.5. The number of anilines is 1. The zero-order valence-corrected chi connectivity index (χ0v) is 13.5. The SMILES string of the molecule is Cc1nnc(NC2=NCC3(CN4CCC3CC4)N2C)nc1C. The van der Waals surface area contributed by atoms with Gasteiger partial charge >= 0.3 is 0 Å². The van der Waals surface area contributed by atoms with Crippen LogP contribution in [0.4, 0.5) is 5.95 Å². The van der Waals surface area contributed by atoms with Crippen LogP contribution in [0.25, 0.3) is 0 Å². The van der Waals surface area contributed by atoms with E-state index in [-0.39, 0.29) is 5.54 Å². The topological polar surface area (TPSA) is 69.5 Å². The van der Waals surface area contributed by atoms with Crippen molar-refractivity contribution in [3.63, 3.8) is 0 Å². The van der Waals surface area contributed by atoms with Crippen molar-refractivity contribution in [1.29, 1.82) is 0 Å². The van der Waals surface area contributed by atoms with Crippen LogP contribution in [0.2, 0.25) is 0 Å². The number of hydrogen-bond donors (Lipinski definition) is 1. The highest BCUT2D eigenvalue weighted by molar-refractivity contribution is 5.94. The van der Waals surface area contributed by atoms with Crippen LogP contribution >= 0.6 is 0 Å². The molecule has 1 atom stereocenters. The van der Waals surface area contributed by atoms with Gasteiger partial charge in [-0.1, -0.05) is 0 Å². The molecule has 0 saturated carbocycles. The smallest absolute Gasteiger partial charge is 0.249 e. The van der Waals surface area contributed by atoms with Crippen molar-refractivity contribution in [3.05, 3.63) is 11.4 Å². The van der Waals surface area contributed by atoms with E-state index >= 15 is 0 Å². The molecule has 7 heteroatoms. The van der Waals surface area contributed by atoms with Crippen LogP contribution in [-0.4, -0.2) is 69.7 Å². The molecule has 3 fully saturated rings. The lowest BCUT2D eigenvalue weighted by molar-refractivity contribution is -0.0199. The second-order valence-electron chi connectivity index (χ2n) is 6.78. The number of rotatable bonds is 1. The largest absolute Gasteiger partial charge is 0.337 e. The molecule has 1 N–H and O–H groups in total. The maximum Gasteiger partial charge on any atom is 0.249 e. The predicted molar refractivity (Wildman–Crippen MR) is 84.9 cm³/mol. The second kappa shape index (κ2) is 4.87. The van der Waals surface area contributed by atoms with Crippen molar-refractivity contribution in [2.75, 3.05) is 38.5 Å². The Labute approximate surface area is 130 Å². The highest BCUT2D eigenvalue weighted by Crippen LogP contribution is 2.41. The van der Waals surface area contributed by atoms with Gasteiger partial charge < -0.3 is 9.80 Å². The number of guanidine groups is 1. The Kier molecular flexibility index (Phi) is 3.07. The quantitative estimate of drug-likeness (QED) is 0.822. The molecule has 0 aromatic carbocycles. The standard InChI is InChI=1S/C15H23N7/c1-10-11(2)19-20-13(17-10)18-14-16-8-15(21(14)3)9-22-6-4-12(15)5-7-22/h12H,4-9H2,1-3H3,(H,16,17,18,20). The minimum absolute atomic E-state index is 0.159. The maximum atomic E-state index is 4.76. The molecule has 118 valence electrons. The van der Waals surface area contributed by atoms with Crippen molar-refractivity contribution < 1.29 is 0 Å². The van der Waals surface area contributed by atoms with E-state index in [4.69, 9.17) is 4.99 Å². The Morgan fingerprint density at radius 3 is 2.55 bits per heavy atom. The molecule has 0 amide bonds. The molecule has 0 radical (unpaired) electrons. The Hall–Kier alpha value is -1.76. The van der Waals surface area contributed by atoms with E-state index in [1.165, 1.54) is 25.9 Å². The molecule has 1 spiro atoms. The van der Waals surface area contributed by atoms with E-state index < -0.39 is 0 Å². The van der Waals surface area contributed by atoms with Crippen LogP contribution in [0.1, 0.15) is 24.2 Å². The van der Waals surface area contributed by atoms with Crippen LogP contribution in [0.3, 0.4) is 0 Å². The molecule has 4 aliphatic heterocycles. The molecule has 1 unspecified atom stereocenters. The number of aliphatic imine (C=N–C) groups is 1. The lowest BCUT2D eigenvalue weighted by Gasteiger charge is -2.54. The molecule has 1 aromatic rings. The van der Waals surface area contributed by atoms with Crippen LogP contribution in [0.15, 0.2) is 4.99 Å². The van der Waals surface area contributed by atoms with Crippen LogP contribution in [-0.2, 0) is 0 Å². The van der Waals surface area contributed by atoms with Gasteiger partial charge in [0.2, 0.25) is 11.9 Å². The number of likely N-dealkylation sites (N-methyl/N-ethyl adjacent to an activating group) is 1. The summed E-state index contributed by atoms with van der Waals surface area (Å²) in [6.07, 6.45) is 2.57. The van der Waals surface area contributed by atoms with E-state index in [0.717, 1.165) is 36.4 Å². The normalized spacial score (nSPS) is 33.4. The van der Waals surface area contributed by atoms with Gasteiger partial charge in [0, 0.05) is 13.6 Å². The Balaban J connectivity index is 1.54. The number of hydrogen-bond acceptors (Lipinski definition) is 7. The molecule has 1 aromatic heterocycles. The summed E-state index contributed by atoms with van der Waals surface area (Å²) in [4.78, 5) is 14.1. The van der Waals surface area contributed by atoms with Crippen LogP contribution in [0, 0.1) is 19.8 Å². The first-order valence-corrected chi connectivity index (χ1v) is 8.04. The van der Waals surface area contributed by atoms with Crippen molar-refractivity contribution in [3.8, 4) is 0 Å². The molecule has 4 aliphatic rings. The van der Waals surface area contributed by atoms with E-state index in [2.05, 4.69) is 37.3 Å². The fourth-order valence-corrected chi connectivity index (χ4v) is 4.07. The molecule has 7 nitrogen and oxygen atoms in total. The minimum Gasteiger partial charge on any atom is -0.337 e. The monoisotopic (exact) mass is 301 g/mol. The van der Waals surface area contributed by atoms with Gasteiger partial charge in [-0.2, -0.15) is 5.10 Å². The molecule has 5 rings (SSSR count). The van der Waals surface area contributed by atoms with E-state index in [1.807, 2.05) is 13.8 Å². The third-order valence-corrected chi connectivity index (χ3v) is 5.65. The summed E-state index contributed by atoms with van der Waals surface area (Å²) >= 11 is 0. The molecular weight excluding hydrogens is 278 g/mol. The van der Waals surface area contributed by atoms with E-state index in [1.54, 1.807) is 0 Å². The van der Waals surface area contributed by atoms with Gasteiger partial charge in [-0.15, -0.1) is 5.10 Å². The average Bonchev–Trinajstić information content (AvgIpc) is 2.82. The fourth-order valence-electron chi connectivity index (χ4n) is 4.07. The van der Waals surface area contributed by atoms with Gasteiger partial charge in [0.25, 0.3) is 0 Å². The first-order chi connectivity index (χ1) is 10.6. The predicted octanol–water partition coefficient (Wildman–Crippen LogP) is 0.666. The summed E-state index contributed by atoms with van der Waals surface area (Å²) < 4.78 is 0. The van der Waals surface area contributed by atoms with Crippen molar-refractivity contribution in [1.82, 2.24) is 25.0 Å². The number of nitrogens with one attached hydrogen (secondary N) is 1. The summed E-state index contributed by atoms with van der Waals surface area (Å²) in [7, 11) is 2.15.